The summed E-state index contributed by atoms with van der Waals surface area (Å²) in [6.07, 6.45) is 0. The van der Waals surface area contributed by atoms with Crippen molar-refractivity contribution in [1.29, 1.82) is 0 Å². The average Bonchev–Trinajstić information content (AvgIpc) is 2.78. The van der Waals surface area contributed by atoms with E-state index in [9.17, 15) is 4.79 Å². The summed E-state index contributed by atoms with van der Waals surface area (Å²) < 4.78 is 5.61. The Balaban J connectivity index is 2.67. The summed E-state index contributed by atoms with van der Waals surface area (Å²) in [5.74, 6) is -0.206. The first-order chi connectivity index (χ1) is 9.86. The number of halogens is 2. The second kappa shape index (κ2) is 6.38. The van der Waals surface area contributed by atoms with Gasteiger partial charge >= 0.3 is 5.97 Å². The molecule has 112 valence electrons. The van der Waals surface area contributed by atoms with Crippen LogP contribution in [0.3, 0.4) is 0 Å². The Morgan fingerprint density at radius 1 is 1.43 bits per heavy atom. The molecule has 1 heterocycles. The first kappa shape index (κ1) is 16.3. The lowest BCUT2D eigenvalue weighted by Crippen LogP contribution is -2.03. The van der Waals surface area contributed by atoms with Crippen LogP contribution in [0.5, 0.6) is 0 Å². The van der Waals surface area contributed by atoms with E-state index in [1.807, 2.05) is 32.0 Å². The summed E-state index contributed by atoms with van der Waals surface area (Å²) >= 11 is 10.8. The molecule has 0 aliphatic carbocycles. The minimum atomic E-state index is -0.404. The summed E-state index contributed by atoms with van der Waals surface area (Å²) in [4.78, 5) is 13.3. The Hall–Kier alpha value is -1.04. The number of benzene rings is 1. The van der Waals surface area contributed by atoms with Crippen molar-refractivity contribution in [3.05, 3.63) is 38.1 Å². The van der Waals surface area contributed by atoms with Crippen LogP contribution in [0.4, 0.5) is 5.69 Å². The SMILES string of the molecule is COC(=O)c1sc(-c2ccc(Cl)c(Br)c2)c(C(C)C)c1N. The first-order valence-electron chi connectivity index (χ1n) is 6.32. The van der Waals surface area contributed by atoms with Gasteiger partial charge in [0.15, 0.2) is 0 Å². The zero-order valence-corrected chi connectivity index (χ0v) is 15.0. The monoisotopic (exact) mass is 387 g/mol. The average molecular weight is 389 g/mol. The van der Waals surface area contributed by atoms with Crippen molar-refractivity contribution >= 4 is 50.5 Å². The molecule has 3 nitrogen and oxygen atoms in total. The third kappa shape index (κ3) is 3.10. The standard InChI is InChI=1S/C15H15BrClNO2S/c1-7(2)11-12(18)14(15(19)20-3)21-13(11)8-4-5-10(17)9(16)6-8/h4-7H,18H2,1-3H3. The van der Waals surface area contributed by atoms with E-state index in [0.29, 0.717) is 15.6 Å². The lowest BCUT2D eigenvalue weighted by molar-refractivity contribution is 0.0607. The van der Waals surface area contributed by atoms with E-state index in [1.54, 1.807) is 0 Å². The van der Waals surface area contributed by atoms with E-state index in [0.717, 1.165) is 20.5 Å². The van der Waals surface area contributed by atoms with E-state index < -0.39 is 5.97 Å². The molecular formula is C15H15BrClNO2S. The van der Waals surface area contributed by atoms with Gasteiger partial charge in [-0.25, -0.2) is 4.79 Å². The second-order valence-corrected chi connectivity index (χ2v) is 7.14. The molecule has 0 aliphatic rings. The molecule has 2 aromatic rings. The molecule has 21 heavy (non-hydrogen) atoms. The smallest absolute Gasteiger partial charge is 0.350 e. The van der Waals surface area contributed by atoms with Crippen LogP contribution in [0.1, 0.15) is 35.0 Å². The largest absolute Gasteiger partial charge is 0.465 e. The molecule has 2 rings (SSSR count). The molecule has 0 radical (unpaired) electrons. The van der Waals surface area contributed by atoms with E-state index >= 15 is 0 Å². The summed E-state index contributed by atoms with van der Waals surface area (Å²) in [6.45, 7) is 4.10. The van der Waals surface area contributed by atoms with Gasteiger partial charge in [0.05, 0.1) is 17.8 Å². The van der Waals surface area contributed by atoms with Crippen LogP contribution in [0.15, 0.2) is 22.7 Å². The van der Waals surface area contributed by atoms with Gasteiger partial charge in [-0.2, -0.15) is 0 Å². The molecule has 0 saturated heterocycles. The predicted octanol–water partition coefficient (Wildman–Crippen LogP) is 5.32. The van der Waals surface area contributed by atoms with Gasteiger partial charge in [0, 0.05) is 9.35 Å². The van der Waals surface area contributed by atoms with Gasteiger partial charge in [-0.15, -0.1) is 11.3 Å². The molecule has 0 fully saturated rings. The summed E-state index contributed by atoms with van der Waals surface area (Å²) in [5.41, 5.74) is 8.60. The molecule has 0 bridgehead atoms. The molecule has 0 spiro atoms. The third-order valence-corrected chi connectivity index (χ3v) is 5.58. The van der Waals surface area contributed by atoms with E-state index in [-0.39, 0.29) is 5.92 Å². The number of carbonyl (C=O) groups excluding carboxylic acids is 1. The zero-order chi connectivity index (χ0) is 15.7. The minimum Gasteiger partial charge on any atom is -0.465 e. The van der Waals surface area contributed by atoms with Gasteiger partial charge in [-0.05, 0) is 45.1 Å². The van der Waals surface area contributed by atoms with E-state index in [4.69, 9.17) is 22.1 Å². The first-order valence-corrected chi connectivity index (χ1v) is 8.31. The van der Waals surface area contributed by atoms with Gasteiger partial charge in [-0.3, -0.25) is 0 Å². The van der Waals surface area contributed by atoms with Crippen molar-refractivity contribution in [1.82, 2.24) is 0 Å². The van der Waals surface area contributed by atoms with Crippen molar-refractivity contribution in [2.24, 2.45) is 0 Å². The molecule has 0 unspecified atom stereocenters. The molecule has 0 amide bonds. The number of esters is 1. The van der Waals surface area contributed by atoms with Crippen LogP contribution in [0.25, 0.3) is 10.4 Å². The normalized spacial score (nSPS) is 11.0. The Labute approximate surface area is 141 Å². The van der Waals surface area contributed by atoms with Crippen LogP contribution >= 0.6 is 38.9 Å². The topological polar surface area (TPSA) is 52.3 Å². The summed E-state index contributed by atoms with van der Waals surface area (Å²) in [7, 11) is 1.36. The number of ether oxygens (including phenoxy) is 1. The lowest BCUT2D eigenvalue weighted by atomic mass is 9.98. The number of methoxy groups -OCH3 is 1. The Kier molecular flexibility index (Phi) is 4.96. The van der Waals surface area contributed by atoms with Crippen molar-refractivity contribution < 1.29 is 9.53 Å². The summed E-state index contributed by atoms with van der Waals surface area (Å²) in [5, 5.41) is 0.641. The van der Waals surface area contributed by atoms with E-state index in [1.165, 1.54) is 18.4 Å². The van der Waals surface area contributed by atoms with Crippen molar-refractivity contribution in [3.8, 4) is 10.4 Å². The fraction of sp³-hybridized carbons (Fsp3) is 0.267. The van der Waals surface area contributed by atoms with Gasteiger partial charge < -0.3 is 10.5 Å². The van der Waals surface area contributed by atoms with Crippen molar-refractivity contribution in [2.75, 3.05) is 12.8 Å². The molecule has 0 saturated carbocycles. The zero-order valence-electron chi connectivity index (χ0n) is 11.9. The maximum atomic E-state index is 11.9. The molecule has 0 atom stereocenters. The molecule has 0 aliphatic heterocycles. The lowest BCUT2D eigenvalue weighted by Gasteiger charge is -2.09. The molecule has 2 N–H and O–H groups in total. The van der Waals surface area contributed by atoms with Crippen LogP contribution in [-0.4, -0.2) is 13.1 Å². The number of nitrogens with two attached hydrogens (primary N) is 1. The quantitative estimate of drug-likeness (QED) is 0.724. The van der Waals surface area contributed by atoms with E-state index in [2.05, 4.69) is 15.9 Å². The minimum absolute atomic E-state index is 0.198. The van der Waals surface area contributed by atoms with Gasteiger partial charge in [-0.1, -0.05) is 31.5 Å². The Bertz CT molecular complexity index is 697. The van der Waals surface area contributed by atoms with Crippen LogP contribution < -0.4 is 5.73 Å². The highest BCUT2D eigenvalue weighted by atomic mass is 79.9. The van der Waals surface area contributed by atoms with Crippen molar-refractivity contribution in [2.45, 2.75) is 19.8 Å². The fourth-order valence-electron chi connectivity index (χ4n) is 2.13. The maximum absolute atomic E-state index is 11.9. The highest BCUT2D eigenvalue weighted by Gasteiger charge is 2.24. The molecule has 1 aromatic carbocycles. The number of nitrogen functional groups attached to an aromatic ring is 1. The third-order valence-electron chi connectivity index (χ3n) is 3.11. The van der Waals surface area contributed by atoms with Gasteiger partial charge in [0.1, 0.15) is 4.88 Å². The van der Waals surface area contributed by atoms with Crippen LogP contribution in [0, 0.1) is 0 Å². The van der Waals surface area contributed by atoms with Gasteiger partial charge in [0.2, 0.25) is 0 Å². The number of carbonyl (C=O) groups is 1. The number of hydrogen-bond acceptors (Lipinski definition) is 4. The summed E-state index contributed by atoms with van der Waals surface area (Å²) in [6, 6.07) is 5.67. The Morgan fingerprint density at radius 3 is 2.62 bits per heavy atom. The van der Waals surface area contributed by atoms with Crippen LogP contribution in [0.2, 0.25) is 5.02 Å². The molecule has 6 heteroatoms. The molecular weight excluding hydrogens is 374 g/mol. The number of rotatable bonds is 3. The number of anilines is 1. The van der Waals surface area contributed by atoms with Gasteiger partial charge in [0.25, 0.3) is 0 Å². The fourth-order valence-corrected chi connectivity index (χ4v) is 3.91. The Morgan fingerprint density at radius 2 is 2.10 bits per heavy atom. The number of thiophene rings is 1. The number of hydrogen-bond donors (Lipinski definition) is 1. The van der Waals surface area contributed by atoms with Crippen LogP contribution in [-0.2, 0) is 4.74 Å². The molecule has 1 aromatic heterocycles. The highest BCUT2D eigenvalue weighted by Crippen LogP contribution is 2.44. The van der Waals surface area contributed by atoms with Crippen molar-refractivity contribution in [3.63, 3.8) is 0 Å². The predicted molar refractivity (Wildman–Crippen MR) is 92.3 cm³/mol. The second-order valence-electron chi connectivity index (χ2n) is 4.86. The highest BCUT2D eigenvalue weighted by molar-refractivity contribution is 9.10. The maximum Gasteiger partial charge on any atom is 0.350 e.